The fourth-order valence-corrected chi connectivity index (χ4v) is 3.69. The van der Waals surface area contributed by atoms with Crippen molar-refractivity contribution < 1.29 is 8.42 Å². The molecule has 1 fully saturated rings. The Bertz CT molecular complexity index is 332. The first kappa shape index (κ1) is 13.9. The average molecular weight is 248 g/mol. The van der Waals surface area contributed by atoms with E-state index in [2.05, 4.69) is 12.2 Å². The third-order valence-electron chi connectivity index (χ3n) is 3.35. The van der Waals surface area contributed by atoms with Crippen LogP contribution in [0.1, 0.15) is 34.1 Å². The summed E-state index contributed by atoms with van der Waals surface area (Å²) in [7, 11) is -1.22. The van der Waals surface area contributed by atoms with Crippen LogP contribution in [0, 0.1) is 5.92 Å². The number of nitrogens with one attached hydrogen (secondary N) is 1. The molecular formula is C11H24N2O2S. The number of nitrogens with zero attached hydrogens (tertiary/aromatic N) is 1. The molecule has 0 amide bonds. The van der Waals surface area contributed by atoms with Crippen LogP contribution in [0.25, 0.3) is 0 Å². The summed E-state index contributed by atoms with van der Waals surface area (Å²) in [6.07, 6.45) is 0.896. The summed E-state index contributed by atoms with van der Waals surface area (Å²) in [5.74, 6) is 0.371. The van der Waals surface area contributed by atoms with Gasteiger partial charge in [0.1, 0.15) is 0 Å². The minimum atomic E-state index is -3.16. The maximum atomic E-state index is 12.3. The normalized spacial score (nSPS) is 29.3. The molecule has 0 radical (unpaired) electrons. The Labute approximate surface area is 99.5 Å². The van der Waals surface area contributed by atoms with E-state index in [4.69, 9.17) is 0 Å². The smallest absolute Gasteiger partial charge is 0.219 e. The van der Waals surface area contributed by atoms with Crippen molar-refractivity contribution in [1.82, 2.24) is 9.62 Å². The molecule has 1 saturated heterocycles. The third kappa shape index (κ3) is 2.57. The van der Waals surface area contributed by atoms with E-state index in [1.54, 1.807) is 25.1 Å². The van der Waals surface area contributed by atoms with Crippen molar-refractivity contribution in [2.75, 3.05) is 20.1 Å². The van der Waals surface area contributed by atoms with Crippen molar-refractivity contribution in [3.05, 3.63) is 0 Å². The highest BCUT2D eigenvalue weighted by Gasteiger charge is 2.38. The van der Waals surface area contributed by atoms with E-state index in [0.717, 1.165) is 6.42 Å². The molecule has 0 saturated carbocycles. The van der Waals surface area contributed by atoms with E-state index in [9.17, 15) is 8.42 Å². The van der Waals surface area contributed by atoms with Gasteiger partial charge in [-0.1, -0.05) is 6.92 Å². The molecule has 5 heteroatoms. The van der Waals surface area contributed by atoms with Gasteiger partial charge < -0.3 is 5.32 Å². The molecule has 1 aliphatic heterocycles. The van der Waals surface area contributed by atoms with Crippen LogP contribution in [-0.4, -0.2) is 43.6 Å². The molecule has 0 aromatic rings. The number of sulfonamides is 1. The van der Waals surface area contributed by atoms with E-state index in [-0.39, 0.29) is 0 Å². The van der Waals surface area contributed by atoms with Crippen molar-refractivity contribution in [3.63, 3.8) is 0 Å². The zero-order chi connectivity index (χ0) is 12.6. The van der Waals surface area contributed by atoms with Crippen LogP contribution in [0.3, 0.4) is 0 Å². The van der Waals surface area contributed by atoms with Gasteiger partial charge in [-0.3, -0.25) is 0 Å². The van der Waals surface area contributed by atoms with Crippen molar-refractivity contribution in [2.45, 2.75) is 44.9 Å². The predicted molar refractivity (Wildman–Crippen MR) is 66.9 cm³/mol. The Morgan fingerprint density at radius 3 is 2.25 bits per heavy atom. The molecule has 16 heavy (non-hydrogen) atoms. The lowest BCUT2D eigenvalue weighted by atomic mass is 9.96. The minimum Gasteiger partial charge on any atom is -0.317 e. The molecule has 4 nitrogen and oxygen atoms in total. The third-order valence-corrected chi connectivity index (χ3v) is 5.91. The highest BCUT2D eigenvalue weighted by atomic mass is 32.2. The average Bonchev–Trinajstić information content (AvgIpc) is 2.15. The van der Waals surface area contributed by atoms with Gasteiger partial charge in [-0.05, 0) is 40.2 Å². The van der Waals surface area contributed by atoms with E-state index in [1.165, 1.54) is 0 Å². The number of rotatable bonds is 2. The molecule has 0 bridgehead atoms. The summed E-state index contributed by atoms with van der Waals surface area (Å²) in [6, 6.07) is 0.436. The second-order valence-corrected chi connectivity index (χ2v) is 8.33. The summed E-state index contributed by atoms with van der Waals surface area (Å²) in [4.78, 5) is 0. The first-order valence-corrected chi connectivity index (χ1v) is 7.31. The summed E-state index contributed by atoms with van der Waals surface area (Å²) in [5.41, 5.74) is 0. The van der Waals surface area contributed by atoms with Gasteiger partial charge >= 0.3 is 0 Å². The van der Waals surface area contributed by atoms with Gasteiger partial charge in [0.15, 0.2) is 0 Å². The summed E-state index contributed by atoms with van der Waals surface area (Å²) < 4.78 is 25.5. The molecule has 1 rings (SSSR count). The SMILES string of the molecule is CNC1CCN(S(=O)(=O)C(C)(C)C)CC1C. The van der Waals surface area contributed by atoms with Gasteiger partial charge in [0.05, 0.1) is 4.75 Å². The molecule has 0 aromatic carbocycles. The monoisotopic (exact) mass is 248 g/mol. The van der Waals surface area contributed by atoms with Crippen LogP contribution < -0.4 is 5.32 Å². The van der Waals surface area contributed by atoms with Gasteiger partial charge in [0.25, 0.3) is 0 Å². The van der Waals surface area contributed by atoms with Crippen LogP contribution in [-0.2, 0) is 10.0 Å². The van der Waals surface area contributed by atoms with Crippen molar-refractivity contribution in [3.8, 4) is 0 Å². The molecule has 2 atom stereocenters. The largest absolute Gasteiger partial charge is 0.317 e. The molecule has 1 heterocycles. The molecule has 0 spiro atoms. The highest BCUT2D eigenvalue weighted by Crippen LogP contribution is 2.26. The van der Waals surface area contributed by atoms with Gasteiger partial charge in [0, 0.05) is 19.1 Å². The molecule has 1 N–H and O–H groups in total. The van der Waals surface area contributed by atoms with Gasteiger partial charge in [-0.2, -0.15) is 0 Å². The predicted octanol–water partition coefficient (Wildman–Crippen LogP) is 1.04. The van der Waals surface area contributed by atoms with Crippen molar-refractivity contribution in [1.29, 1.82) is 0 Å². The second-order valence-electron chi connectivity index (χ2n) is 5.64. The number of hydrogen-bond donors (Lipinski definition) is 1. The van der Waals surface area contributed by atoms with Gasteiger partial charge in [0.2, 0.25) is 10.0 Å². The first-order valence-electron chi connectivity index (χ1n) is 5.87. The van der Waals surface area contributed by atoms with Crippen LogP contribution in [0.5, 0.6) is 0 Å². The number of piperidine rings is 1. The minimum absolute atomic E-state index is 0.371. The standard InChI is InChI=1S/C11H24N2O2S/c1-9-8-13(7-6-10(9)12-5)16(14,15)11(2,3)4/h9-10,12H,6-8H2,1-5H3. The van der Waals surface area contributed by atoms with Crippen LogP contribution in [0.2, 0.25) is 0 Å². The summed E-state index contributed by atoms with van der Waals surface area (Å²) in [6.45, 7) is 8.65. The van der Waals surface area contributed by atoms with Crippen LogP contribution in [0.15, 0.2) is 0 Å². The zero-order valence-corrected chi connectivity index (χ0v) is 11.8. The van der Waals surface area contributed by atoms with Gasteiger partial charge in [-0.25, -0.2) is 12.7 Å². The fraction of sp³-hybridized carbons (Fsp3) is 1.00. The van der Waals surface area contributed by atoms with E-state index in [0.29, 0.717) is 25.0 Å². The quantitative estimate of drug-likeness (QED) is 0.794. The molecule has 0 aromatic heterocycles. The van der Waals surface area contributed by atoms with Crippen molar-refractivity contribution >= 4 is 10.0 Å². The van der Waals surface area contributed by atoms with E-state index >= 15 is 0 Å². The Kier molecular flexibility index (Phi) is 4.03. The molecule has 96 valence electrons. The molecule has 0 aliphatic carbocycles. The molecule has 2 unspecified atom stereocenters. The highest BCUT2D eigenvalue weighted by molar-refractivity contribution is 7.90. The lowest BCUT2D eigenvalue weighted by molar-refractivity contribution is 0.224. The summed E-state index contributed by atoms with van der Waals surface area (Å²) >= 11 is 0. The summed E-state index contributed by atoms with van der Waals surface area (Å²) in [5, 5.41) is 3.24. The lowest BCUT2D eigenvalue weighted by Gasteiger charge is -2.38. The van der Waals surface area contributed by atoms with Gasteiger partial charge in [-0.15, -0.1) is 0 Å². The number of hydrogen-bond acceptors (Lipinski definition) is 3. The molecule has 1 aliphatic rings. The lowest BCUT2D eigenvalue weighted by Crippen LogP contribution is -2.52. The Hall–Kier alpha value is -0.130. The maximum absolute atomic E-state index is 12.3. The Morgan fingerprint density at radius 1 is 1.31 bits per heavy atom. The zero-order valence-electron chi connectivity index (χ0n) is 10.9. The van der Waals surface area contributed by atoms with Crippen LogP contribution in [0.4, 0.5) is 0 Å². The van der Waals surface area contributed by atoms with Crippen LogP contribution >= 0.6 is 0 Å². The van der Waals surface area contributed by atoms with E-state index < -0.39 is 14.8 Å². The topological polar surface area (TPSA) is 49.4 Å². The van der Waals surface area contributed by atoms with Crippen molar-refractivity contribution in [2.24, 2.45) is 5.92 Å². The molecular weight excluding hydrogens is 224 g/mol. The first-order chi connectivity index (χ1) is 7.20. The Balaban J connectivity index is 2.80. The fourth-order valence-electron chi connectivity index (χ4n) is 2.14. The second kappa shape index (κ2) is 4.63. The Morgan fingerprint density at radius 2 is 1.88 bits per heavy atom. The maximum Gasteiger partial charge on any atom is 0.219 e. The van der Waals surface area contributed by atoms with E-state index in [1.807, 2.05) is 7.05 Å².